The van der Waals surface area contributed by atoms with Crippen LogP contribution in [0, 0.1) is 3.57 Å². The molecule has 2 aromatic rings. The first-order chi connectivity index (χ1) is 10.1. The van der Waals surface area contributed by atoms with Crippen LogP contribution in [0.4, 0.5) is 11.5 Å². The summed E-state index contributed by atoms with van der Waals surface area (Å²) in [4.78, 5) is 0.352. The van der Waals surface area contributed by atoms with E-state index in [2.05, 4.69) is 52.0 Å². The number of rotatable bonds is 5. The van der Waals surface area contributed by atoms with Crippen molar-refractivity contribution < 1.29 is 0 Å². The van der Waals surface area contributed by atoms with E-state index in [-0.39, 0.29) is 0 Å². The summed E-state index contributed by atoms with van der Waals surface area (Å²) in [7, 11) is 0. The van der Waals surface area contributed by atoms with Gasteiger partial charge in [-0.3, -0.25) is 0 Å². The first-order valence-corrected chi connectivity index (χ1v) is 8.26. The van der Waals surface area contributed by atoms with Gasteiger partial charge in [0, 0.05) is 3.57 Å². The van der Waals surface area contributed by atoms with Crippen LogP contribution in [0.1, 0.15) is 30.7 Å². The Labute approximate surface area is 143 Å². The summed E-state index contributed by atoms with van der Waals surface area (Å²) in [6.45, 7) is 4.13. The number of hydrogen-bond acceptors (Lipinski definition) is 4. The highest BCUT2D eigenvalue weighted by atomic mass is 127. The molecular formula is C15H17IN4S. The molecule has 21 heavy (non-hydrogen) atoms. The van der Waals surface area contributed by atoms with E-state index in [1.54, 1.807) is 0 Å². The van der Waals surface area contributed by atoms with Gasteiger partial charge < -0.3 is 11.1 Å². The summed E-state index contributed by atoms with van der Waals surface area (Å²) in [6, 6.07) is 7.98. The molecule has 0 fully saturated rings. The molecule has 0 aliphatic carbocycles. The lowest BCUT2D eigenvalue weighted by molar-refractivity contribution is 0.879. The maximum Gasteiger partial charge on any atom is 0.163 e. The average Bonchev–Trinajstić information content (AvgIpc) is 2.48. The second-order valence-electron chi connectivity index (χ2n) is 4.53. The van der Waals surface area contributed by atoms with Crippen LogP contribution in [0.2, 0.25) is 0 Å². The number of aryl methyl sites for hydroxylation is 1. The second kappa shape index (κ2) is 7.13. The Balaban J connectivity index is 2.54. The lowest BCUT2D eigenvalue weighted by Crippen LogP contribution is -2.18. The molecular weight excluding hydrogens is 395 g/mol. The van der Waals surface area contributed by atoms with E-state index in [1.807, 2.05) is 24.3 Å². The molecule has 1 aromatic carbocycles. The van der Waals surface area contributed by atoms with Crippen LogP contribution in [-0.2, 0) is 12.8 Å². The number of aromatic nitrogens is 2. The molecule has 0 amide bonds. The molecule has 3 N–H and O–H groups in total. The predicted molar refractivity (Wildman–Crippen MR) is 99.1 cm³/mol. The number of nitrogens with one attached hydrogen (secondary N) is 1. The fourth-order valence-electron chi connectivity index (χ4n) is 2.22. The van der Waals surface area contributed by atoms with Crippen LogP contribution in [-0.4, -0.2) is 15.2 Å². The van der Waals surface area contributed by atoms with E-state index in [0.29, 0.717) is 10.8 Å². The van der Waals surface area contributed by atoms with E-state index in [4.69, 9.17) is 18.0 Å². The average molecular weight is 412 g/mol. The molecule has 0 atom stereocenters. The van der Waals surface area contributed by atoms with Gasteiger partial charge in [0.15, 0.2) is 5.82 Å². The Morgan fingerprint density at radius 3 is 2.52 bits per heavy atom. The van der Waals surface area contributed by atoms with Crippen molar-refractivity contribution in [2.24, 2.45) is 5.73 Å². The van der Waals surface area contributed by atoms with Crippen molar-refractivity contribution in [3.8, 4) is 0 Å². The number of nitrogens with zero attached hydrogens (tertiary/aromatic N) is 2. The maximum atomic E-state index is 5.93. The van der Waals surface area contributed by atoms with Crippen LogP contribution in [0.3, 0.4) is 0 Å². The summed E-state index contributed by atoms with van der Waals surface area (Å²) in [5, 5.41) is 11.9. The molecule has 1 heterocycles. The Morgan fingerprint density at radius 1 is 1.24 bits per heavy atom. The standard InChI is InChI=1S/C15H17IN4S/c1-3-9-11(4-2)19-20-15(13(9)14(17)21)18-12-8-6-5-7-10(12)16/h5-8H,3-4H2,1-2H3,(H2,17,21)(H,18,20). The van der Waals surface area contributed by atoms with E-state index in [0.717, 1.165) is 38.9 Å². The van der Waals surface area contributed by atoms with E-state index in [1.165, 1.54) is 0 Å². The molecule has 0 radical (unpaired) electrons. The predicted octanol–water partition coefficient (Wildman–Crippen LogP) is 3.58. The molecule has 0 saturated carbocycles. The molecule has 1 aromatic heterocycles. The first-order valence-electron chi connectivity index (χ1n) is 6.78. The van der Waals surface area contributed by atoms with Gasteiger partial charge in [0.25, 0.3) is 0 Å². The minimum Gasteiger partial charge on any atom is -0.389 e. The van der Waals surface area contributed by atoms with Crippen molar-refractivity contribution in [1.29, 1.82) is 0 Å². The van der Waals surface area contributed by atoms with Gasteiger partial charge in [0.1, 0.15) is 4.99 Å². The van der Waals surface area contributed by atoms with Crippen LogP contribution < -0.4 is 11.1 Å². The van der Waals surface area contributed by atoms with Gasteiger partial charge in [-0.05, 0) is 53.1 Å². The summed E-state index contributed by atoms with van der Waals surface area (Å²) < 4.78 is 1.10. The van der Waals surface area contributed by atoms with Gasteiger partial charge in [-0.15, -0.1) is 5.10 Å². The highest BCUT2D eigenvalue weighted by molar-refractivity contribution is 14.1. The largest absolute Gasteiger partial charge is 0.389 e. The third-order valence-corrected chi connectivity index (χ3v) is 4.36. The molecule has 2 rings (SSSR count). The molecule has 6 heteroatoms. The number of para-hydroxylation sites is 1. The van der Waals surface area contributed by atoms with E-state index >= 15 is 0 Å². The fraction of sp³-hybridized carbons (Fsp3) is 0.267. The van der Waals surface area contributed by atoms with Crippen molar-refractivity contribution in [2.75, 3.05) is 5.32 Å². The normalized spacial score (nSPS) is 10.4. The van der Waals surface area contributed by atoms with Gasteiger partial charge >= 0.3 is 0 Å². The molecule has 110 valence electrons. The van der Waals surface area contributed by atoms with Crippen molar-refractivity contribution in [1.82, 2.24) is 10.2 Å². The number of hydrogen-bond donors (Lipinski definition) is 2. The quantitative estimate of drug-likeness (QED) is 0.581. The molecule has 0 bridgehead atoms. The number of anilines is 2. The number of thiocarbonyl (C=S) groups is 1. The lowest BCUT2D eigenvalue weighted by Gasteiger charge is -2.16. The molecule has 0 unspecified atom stereocenters. The Kier molecular flexibility index (Phi) is 5.46. The minimum atomic E-state index is 0.352. The Morgan fingerprint density at radius 2 is 1.95 bits per heavy atom. The highest BCUT2D eigenvalue weighted by Gasteiger charge is 2.17. The molecule has 0 aliphatic heterocycles. The zero-order valence-corrected chi connectivity index (χ0v) is 15.0. The molecule has 0 aliphatic rings. The molecule has 4 nitrogen and oxygen atoms in total. The zero-order valence-electron chi connectivity index (χ0n) is 12.0. The van der Waals surface area contributed by atoms with Crippen molar-refractivity contribution in [2.45, 2.75) is 26.7 Å². The molecule has 0 spiro atoms. The highest BCUT2D eigenvalue weighted by Crippen LogP contribution is 2.26. The number of benzene rings is 1. The summed E-state index contributed by atoms with van der Waals surface area (Å²) in [5.41, 5.74) is 9.73. The van der Waals surface area contributed by atoms with E-state index < -0.39 is 0 Å². The smallest absolute Gasteiger partial charge is 0.163 e. The third-order valence-electron chi connectivity index (χ3n) is 3.22. The van der Waals surface area contributed by atoms with Crippen molar-refractivity contribution in [3.63, 3.8) is 0 Å². The summed E-state index contributed by atoms with van der Waals surface area (Å²) in [6.07, 6.45) is 1.64. The minimum absolute atomic E-state index is 0.352. The third kappa shape index (κ3) is 3.49. The Bertz CT molecular complexity index is 673. The monoisotopic (exact) mass is 412 g/mol. The van der Waals surface area contributed by atoms with Crippen LogP contribution in [0.25, 0.3) is 0 Å². The van der Waals surface area contributed by atoms with Gasteiger partial charge in [-0.1, -0.05) is 38.2 Å². The van der Waals surface area contributed by atoms with Crippen LogP contribution in [0.15, 0.2) is 24.3 Å². The first kappa shape index (κ1) is 16.1. The van der Waals surface area contributed by atoms with Crippen LogP contribution >= 0.6 is 34.8 Å². The second-order valence-corrected chi connectivity index (χ2v) is 6.13. The summed E-state index contributed by atoms with van der Waals surface area (Å²) in [5.74, 6) is 0.626. The lowest BCUT2D eigenvalue weighted by atomic mass is 10.0. The van der Waals surface area contributed by atoms with Gasteiger partial charge in [-0.2, -0.15) is 5.10 Å². The fourth-order valence-corrected chi connectivity index (χ4v) is 2.96. The van der Waals surface area contributed by atoms with Crippen molar-refractivity contribution >= 4 is 51.3 Å². The number of nitrogens with two attached hydrogens (primary N) is 1. The van der Waals surface area contributed by atoms with Gasteiger partial charge in [0.2, 0.25) is 0 Å². The number of halogens is 1. The maximum absolute atomic E-state index is 5.93. The summed E-state index contributed by atoms with van der Waals surface area (Å²) >= 11 is 7.50. The SMILES string of the molecule is CCc1nnc(Nc2ccccc2I)c(C(N)=S)c1CC. The van der Waals surface area contributed by atoms with Crippen LogP contribution in [0.5, 0.6) is 0 Å². The zero-order chi connectivity index (χ0) is 15.4. The Hall–Kier alpha value is -1.28. The topological polar surface area (TPSA) is 63.8 Å². The van der Waals surface area contributed by atoms with E-state index in [9.17, 15) is 0 Å². The van der Waals surface area contributed by atoms with Gasteiger partial charge in [0.05, 0.1) is 16.9 Å². The van der Waals surface area contributed by atoms with Crippen molar-refractivity contribution in [3.05, 3.63) is 44.7 Å². The molecule has 0 saturated heterocycles. The van der Waals surface area contributed by atoms with Gasteiger partial charge in [-0.25, -0.2) is 0 Å².